The maximum Gasteiger partial charge on any atom is 0.0962 e. The van der Waals surface area contributed by atoms with Crippen molar-refractivity contribution >= 4 is 11.3 Å². The second kappa shape index (κ2) is 5.70. The average Bonchev–Trinajstić information content (AvgIpc) is 2.85. The summed E-state index contributed by atoms with van der Waals surface area (Å²) < 4.78 is 0. The van der Waals surface area contributed by atoms with Gasteiger partial charge in [0.2, 0.25) is 0 Å². The Morgan fingerprint density at radius 2 is 2.00 bits per heavy atom. The first kappa shape index (κ1) is 12.6. The lowest BCUT2D eigenvalue weighted by Gasteiger charge is -2.21. The third kappa shape index (κ3) is 2.48. The largest absolute Gasteiger partial charge is 0.309 e. The van der Waals surface area contributed by atoms with E-state index in [1.165, 1.54) is 62.1 Å². The van der Waals surface area contributed by atoms with Crippen molar-refractivity contribution in [3.63, 3.8) is 0 Å². The molecular formula is C15H24N2S. The molecule has 100 valence electrons. The van der Waals surface area contributed by atoms with E-state index < -0.39 is 0 Å². The highest BCUT2D eigenvalue weighted by molar-refractivity contribution is 7.11. The Hall–Kier alpha value is -0.410. The van der Waals surface area contributed by atoms with Gasteiger partial charge in [-0.2, -0.15) is 0 Å². The Morgan fingerprint density at radius 1 is 1.17 bits per heavy atom. The number of rotatable bonds is 3. The number of nitrogens with zero attached hydrogens (tertiary/aromatic N) is 1. The van der Waals surface area contributed by atoms with Gasteiger partial charge in [-0.25, -0.2) is 4.98 Å². The van der Waals surface area contributed by atoms with Crippen LogP contribution in [0.15, 0.2) is 0 Å². The molecule has 1 aromatic heterocycles. The van der Waals surface area contributed by atoms with E-state index in [4.69, 9.17) is 4.98 Å². The predicted molar refractivity (Wildman–Crippen MR) is 77.3 cm³/mol. The molecule has 18 heavy (non-hydrogen) atoms. The SMILES string of the molecule is CCNC1CCCc2sc(C3CCCCC3)nc21. The third-order valence-corrected chi connectivity index (χ3v) is 5.67. The van der Waals surface area contributed by atoms with Gasteiger partial charge >= 0.3 is 0 Å². The van der Waals surface area contributed by atoms with Gasteiger partial charge in [0.05, 0.1) is 16.7 Å². The highest BCUT2D eigenvalue weighted by Gasteiger charge is 2.27. The molecule has 2 aliphatic carbocycles. The van der Waals surface area contributed by atoms with E-state index in [2.05, 4.69) is 12.2 Å². The van der Waals surface area contributed by atoms with E-state index in [9.17, 15) is 0 Å². The Kier molecular flexibility index (Phi) is 4.00. The molecule has 1 fully saturated rings. The van der Waals surface area contributed by atoms with E-state index >= 15 is 0 Å². The molecule has 2 aliphatic rings. The minimum atomic E-state index is 0.535. The monoisotopic (exact) mass is 264 g/mol. The molecule has 3 rings (SSSR count). The number of aryl methyl sites for hydroxylation is 1. The van der Waals surface area contributed by atoms with E-state index in [0.717, 1.165) is 12.5 Å². The minimum absolute atomic E-state index is 0.535. The van der Waals surface area contributed by atoms with Crippen molar-refractivity contribution in [2.45, 2.75) is 70.3 Å². The maximum absolute atomic E-state index is 5.03. The van der Waals surface area contributed by atoms with Crippen LogP contribution in [-0.4, -0.2) is 11.5 Å². The lowest BCUT2D eigenvalue weighted by atomic mass is 9.90. The molecule has 1 N–H and O–H groups in total. The second-order valence-electron chi connectivity index (χ2n) is 5.70. The number of fused-ring (bicyclic) bond motifs is 1. The molecule has 1 aromatic rings. The normalized spacial score (nSPS) is 25.1. The van der Waals surface area contributed by atoms with Gasteiger partial charge in [-0.05, 0) is 38.6 Å². The van der Waals surface area contributed by atoms with Gasteiger partial charge in [0, 0.05) is 10.8 Å². The highest BCUT2D eigenvalue weighted by Crippen LogP contribution is 2.40. The fourth-order valence-electron chi connectivity index (χ4n) is 3.41. The zero-order chi connectivity index (χ0) is 12.4. The van der Waals surface area contributed by atoms with Crippen molar-refractivity contribution in [2.75, 3.05) is 6.54 Å². The Labute approximate surface area is 114 Å². The van der Waals surface area contributed by atoms with Crippen molar-refractivity contribution in [1.82, 2.24) is 10.3 Å². The van der Waals surface area contributed by atoms with Gasteiger partial charge in [-0.3, -0.25) is 0 Å². The zero-order valence-corrected chi connectivity index (χ0v) is 12.2. The molecule has 3 heteroatoms. The van der Waals surface area contributed by atoms with Gasteiger partial charge in [0.15, 0.2) is 0 Å². The Bertz CT molecular complexity index is 393. The molecule has 1 atom stereocenters. The van der Waals surface area contributed by atoms with Crippen LogP contribution in [0, 0.1) is 0 Å². The maximum atomic E-state index is 5.03. The fraction of sp³-hybridized carbons (Fsp3) is 0.800. The van der Waals surface area contributed by atoms with Gasteiger partial charge in [-0.1, -0.05) is 26.2 Å². The average molecular weight is 264 g/mol. The van der Waals surface area contributed by atoms with Gasteiger partial charge in [-0.15, -0.1) is 11.3 Å². The number of nitrogens with one attached hydrogen (secondary N) is 1. The van der Waals surface area contributed by atoms with Crippen LogP contribution in [0.2, 0.25) is 0 Å². The van der Waals surface area contributed by atoms with Crippen molar-refractivity contribution in [2.24, 2.45) is 0 Å². The molecule has 0 bridgehead atoms. The lowest BCUT2D eigenvalue weighted by Crippen LogP contribution is -2.24. The molecule has 2 nitrogen and oxygen atoms in total. The van der Waals surface area contributed by atoms with E-state index in [1.54, 1.807) is 4.88 Å². The number of hydrogen-bond acceptors (Lipinski definition) is 3. The molecule has 1 saturated carbocycles. The summed E-state index contributed by atoms with van der Waals surface area (Å²) in [6.07, 6.45) is 10.9. The Morgan fingerprint density at radius 3 is 2.78 bits per heavy atom. The summed E-state index contributed by atoms with van der Waals surface area (Å²) in [7, 11) is 0. The predicted octanol–water partition coefficient (Wildman–Crippen LogP) is 4.18. The fourth-order valence-corrected chi connectivity index (χ4v) is 4.74. The molecule has 0 saturated heterocycles. The summed E-state index contributed by atoms with van der Waals surface area (Å²) in [6, 6.07) is 0.535. The molecule has 1 unspecified atom stereocenters. The summed E-state index contributed by atoms with van der Waals surface area (Å²) in [5.41, 5.74) is 1.40. The molecule has 0 spiro atoms. The summed E-state index contributed by atoms with van der Waals surface area (Å²) in [5, 5.41) is 5.05. The standard InChI is InChI=1S/C15H24N2S/c1-2-16-12-9-6-10-13-14(12)17-15(18-13)11-7-4-3-5-8-11/h11-12,16H,2-10H2,1H3. The highest BCUT2D eigenvalue weighted by atomic mass is 32.1. The van der Waals surface area contributed by atoms with Crippen molar-refractivity contribution in [3.05, 3.63) is 15.6 Å². The van der Waals surface area contributed by atoms with Crippen LogP contribution in [0.3, 0.4) is 0 Å². The van der Waals surface area contributed by atoms with E-state index in [1.807, 2.05) is 11.3 Å². The summed E-state index contributed by atoms with van der Waals surface area (Å²) >= 11 is 2.02. The van der Waals surface area contributed by atoms with Crippen LogP contribution in [0.5, 0.6) is 0 Å². The lowest BCUT2D eigenvalue weighted by molar-refractivity contribution is 0.436. The van der Waals surface area contributed by atoms with Gasteiger partial charge in [0.25, 0.3) is 0 Å². The van der Waals surface area contributed by atoms with E-state index in [-0.39, 0.29) is 0 Å². The van der Waals surface area contributed by atoms with Crippen molar-refractivity contribution < 1.29 is 0 Å². The van der Waals surface area contributed by atoms with Gasteiger partial charge < -0.3 is 5.32 Å². The zero-order valence-electron chi connectivity index (χ0n) is 11.4. The van der Waals surface area contributed by atoms with Crippen LogP contribution in [0.25, 0.3) is 0 Å². The third-order valence-electron chi connectivity index (χ3n) is 4.38. The van der Waals surface area contributed by atoms with Crippen LogP contribution in [0.4, 0.5) is 0 Å². The van der Waals surface area contributed by atoms with Crippen LogP contribution >= 0.6 is 11.3 Å². The summed E-state index contributed by atoms with van der Waals surface area (Å²) in [6.45, 7) is 3.25. The molecule has 0 amide bonds. The van der Waals surface area contributed by atoms with Gasteiger partial charge in [0.1, 0.15) is 0 Å². The first-order valence-corrected chi connectivity index (χ1v) is 8.43. The Balaban J connectivity index is 1.81. The number of thiazole rings is 1. The van der Waals surface area contributed by atoms with Crippen LogP contribution < -0.4 is 5.32 Å². The summed E-state index contributed by atoms with van der Waals surface area (Å²) in [4.78, 5) is 6.61. The van der Waals surface area contributed by atoms with Crippen molar-refractivity contribution in [3.8, 4) is 0 Å². The van der Waals surface area contributed by atoms with Crippen LogP contribution in [-0.2, 0) is 6.42 Å². The van der Waals surface area contributed by atoms with E-state index in [0.29, 0.717) is 6.04 Å². The summed E-state index contributed by atoms with van der Waals surface area (Å²) in [5.74, 6) is 0.775. The topological polar surface area (TPSA) is 24.9 Å². The van der Waals surface area contributed by atoms with Crippen LogP contribution in [0.1, 0.15) is 79.4 Å². The quantitative estimate of drug-likeness (QED) is 0.886. The number of hydrogen-bond donors (Lipinski definition) is 1. The molecule has 0 radical (unpaired) electrons. The minimum Gasteiger partial charge on any atom is -0.309 e. The number of aromatic nitrogens is 1. The second-order valence-corrected chi connectivity index (χ2v) is 6.81. The molecular weight excluding hydrogens is 240 g/mol. The molecule has 0 aliphatic heterocycles. The smallest absolute Gasteiger partial charge is 0.0962 e. The first-order valence-electron chi connectivity index (χ1n) is 7.61. The molecule has 0 aromatic carbocycles. The molecule has 1 heterocycles. The van der Waals surface area contributed by atoms with Crippen molar-refractivity contribution in [1.29, 1.82) is 0 Å². The first-order chi connectivity index (χ1) is 8.88.